The molecule has 4 aliphatic heterocycles. The van der Waals surface area contributed by atoms with Gasteiger partial charge in [0.1, 0.15) is 11.9 Å². The van der Waals surface area contributed by atoms with Crippen LogP contribution >= 0.6 is 0 Å². The number of nitrogens with one attached hydrogen (secondary N) is 3. The van der Waals surface area contributed by atoms with Gasteiger partial charge in [-0.25, -0.2) is 22.3 Å². The Hall–Kier alpha value is -6.40. The lowest BCUT2D eigenvalue weighted by Crippen LogP contribution is -2.54. The van der Waals surface area contributed by atoms with Crippen molar-refractivity contribution < 1.29 is 32.0 Å². The number of hydrogen-bond donors (Lipinski definition) is 3. The summed E-state index contributed by atoms with van der Waals surface area (Å²) in [5, 5.41) is 10.2. The van der Waals surface area contributed by atoms with E-state index in [2.05, 4.69) is 42.3 Å². The number of piperidine rings is 2. The monoisotopic (exact) mass is 834 g/mol. The van der Waals surface area contributed by atoms with E-state index in [1.165, 1.54) is 6.07 Å². The summed E-state index contributed by atoms with van der Waals surface area (Å²) < 4.78 is 43.3. The SMILES string of the molecule is CS(=O)(=O)Nc1cccc(-c2ccc3cnc(Nc4ccc(N5CCN(CC6CCN(c7cc8c(cc7F)C(=O)N(C7CCC(=O)NC7=O)C8=O)CC6)CC5)cc4)nn23)c1. The van der Waals surface area contributed by atoms with Crippen LogP contribution in [0.3, 0.4) is 0 Å². The molecule has 310 valence electrons. The van der Waals surface area contributed by atoms with Gasteiger partial charge in [0.2, 0.25) is 27.8 Å². The zero-order valence-corrected chi connectivity index (χ0v) is 33.6. The summed E-state index contributed by atoms with van der Waals surface area (Å²) in [6, 6.07) is 20.6. The molecule has 4 aliphatic rings. The number of benzene rings is 3. The average molecular weight is 835 g/mol. The van der Waals surface area contributed by atoms with Crippen LogP contribution in [0.5, 0.6) is 0 Å². The summed E-state index contributed by atoms with van der Waals surface area (Å²) in [7, 11) is -3.42. The highest BCUT2D eigenvalue weighted by Crippen LogP contribution is 2.35. The third-order valence-corrected chi connectivity index (χ3v) is 12.3. The van der Waals surface area contributed by atoms with Crippen molar-refractivity contribution in [3.05, 3.63) is 95.9 Å². The van der Waals surface area contributed by atoms with Gasteiger partial charge in [-0.15, -0.1) is 5.10 Å². The Morgan fingerprint density at radius 2 is 1.55 bits per heavy atom. The van der Waals surface area contributed by atoms with Crippen LogP contribution in [0.2, 0.25) is 0 Å². The lowest BCUT2D eigenvalue weighted by atomic mass is 9.95. The summed E-state index contributed by atoms with van der Waals surface area (Å²) in [4.78, 5) is 62.6. The van der Waals surface area contributed by atoms with Crippen LogP contribution in [-0.4, -0.2) is 115 Å². The number of amides is 4. The van der Waals surface area contributed by atoms with Crippen molar-refractivity contribution >= 4 is 67.9 Å². The smallest absolute Gasteiger partial charge is 0.262 e. The molecule has 6 heterocycles. The van der Waals surface area contributed by atoms with Gasteiger partial charge in [-0.1, -0.05) is 12.1 Å². The minimum Gasteiger partial charge on any atom is -0.369 e. The number of piperazine rings is 1. The molecule has 4 amide bonds. The number of hydrogen-bond acceptors (Lipinski definition) is 12. The molecule has 0 aliphatic carbocycles. The average Bonchev–Trinajstić information content (AvgIpc) is 3.75. The lowest BCUT2D eigenvalue weighted by molar-refractivity contribution is -0.136. The number of nitrogens with zero attached hydrogens (tertiary/aromatic N) is 7. The highest BCUT2D eigenvalue weighted by atomic mass is 32.2. The molecule has 1 atom stereocenters. The number of aromatic nitrogens is 3. The van der Waals surface area contributed by atoms with Crippen molar-refractivity contribution in [3.8, 4) is 11.3 Å². The van der Waals surface area contributed by atoms with Gasteiger partial charge >= 0.3 is 0 Å². The standard InChI is InChI=1S/C42H43FN10O6S/c1-60(58,59)48-29-4-2-3-27(21-29)35-10-9-31-24-44-42(47-53(31)35)45-28-5-7-30(8-6-28)50-19-17-49(18-20-50)25-26-13-15-51(16-14-26)37-23-33-32(22-34(37)43)40(56)52(41(33)57)36-11-12-38(54)46-39(36)55/h2-10,21-24,26,36,48H,11-20,25H2,1H3,(H,45,47)(H,46,54,55). The van der Waals surface area contributed by atoms with Gasteiger partial charge < -0.3 is 15.1 Å². The van der Waals surface area contributed by atoms with E-state index in [1.54, 1.807) is 28.9 Å². The van der Waals surface area contributed by atoms with Gasteiger partial charge in [-0.05, 0) is 85.8 Å². The molecule has 0 spiro atoms. The zero-order valence-electron chi connectivity index (χ0n) is 32.8. The Morgan fingerprint density at radius 1 is 0.817 bits per heavy atom. The highest BCUT2D eigenvalue weighted by Gasteiger charge is 2.45. The second-order valence-electron chi connectivity index (χ2n) is 15.8. The summed E-state index contributed by atoms with van der Waals surface area (Å²) in [6.45, 7) is 5.77. The Kier molecular flexibility index (Phi) is 10.2. The van der Waals surface area contributed by atoms with Gasteiger partial charge in [0, 0.05) is 74.9 Å². The van der Waals surface area contributed by atoms with Crippen LogP contribution in [0.15, 0.2) is 79.0 Å². The number of fused-ring (bicyclic) bond motifs is 2. The van der Waals surface area contributed by atoms with Gasteiger partial charge in [0.25, 0.3) is 11.8 Å². The number of imide groups is 2. The molecule has 5 aromatic rings. The molecule has 9 rings (SSSR count). The van der Waals surface area contributed by atoms with Crippen molar-refractivity contribution in [2.75, 3.05) is 71.9 Å². The predicted molar refractivity (Wildman–Crippen MR) is 223 cm³/mol. The highest BCUT2D eigenvalue weighted by molar-refractivity contribution is 7.92. The Labute approximate surface area is 345 Å². The molecule has 3 fully saturated rings. The number of halogens is 1. The second-order valence-corrected chi connectivity index (χ2v) is 17.5. The van der Waals surface area contributed by atoms with E-state index in [-0.39, 0.29) is 29.7 Å². The van der Waals surface area contributed by atoms with Crippen molar-refractivity contribution in [1.82, 2.24) is 29.7 Å². The number of rotatable bonds is 10. The predicted octanol–water partition coefficient (Wildman–Crippen LogP) is 4.09. The molecule has 0 saturated carbocycles. The molecule has 0 radical (unpaired) electrons. The molecule has 60 heavy (non-hydrogen) atoms. The first-order valence-electron chi connectivity index (χ1n) is 19.9. The van der Waals surface area contributed by atoms with Gasteiger partial charge in [-0.3, -0.25) is 39.0 Å². The number of carbonyl (C=O) groups is 4. The van der Waals surface area contributed by atoms with Crippen LogP contribution in [0.4, 0.5) is 33.1 Å². The van der Waals surface area contributed by atoms with Gasteiger partial charge in [0.15, 0.2) is 0 Å². The largest absolute Gasteiger partial charge is 0.369 e. The van der Waals surface area contributed by atoms with E-state index in [0.717, 1.165) is 90.9 Å². The molecule has 3 aromatic carbocycles. The van der Waals surface area contributed by atoms with E-state index in [1.807, 2.05) is 35.2 Å². The third kappa shape index (κ3) is 7.87. The molecular weight excluding hydrogens is 792 g/mol. The molecule has 1 unspecified atom stereocenters. The zero-order chi connectivity index (χ0) is 41.7. The van der Waals surface area contributed by atoms with Crippen molar-refractivity contribution in [3.63, 3.8) is 0 Å². The number of sulfonamides is 1. The Balaban J connectivity index is 0.764. The summed E-state index contributed by atoms with van der Waals surface area (Å²) >= 11 is 0. The second kappa shape index (κ2) is 15.6. The number of anilines is 5. The molecule has 16 nitrogen and oxygen atoms in total. The van der Waals surface area contributed by atoms with Crippen molar-refractivity contribution in [2.24, 2.45) is 5.92 Å². The number of carbonyl (C=O) groups excluding carboxylic acids is 4. The van der Waals surface area contributed by atoms with Gasteiger partial charge in [0.05, 0.1) is 40.5 Å². The first-order valence-corrected chi connectivity index (χ1v) is 21.8. The van der Waals surface area contributed by atoms with E-state index in [0.29, 0.717) is 30.6 Å². The van der Waals surface area contributed by atoms with Crippen molar-refractivity contribution in [1.29, 1.82) is 0 Å². The first kappa shape index (κ1) is 39.1. The third-order valence-electron chi connectivity index (χ3n) is 11.7. The van der Waals surface area contributed by atoms with Crippen LogP contribution < -0.4 is 25.2 Å². The maximum absolute atomic E-state index is 15.5. The quantitative estimate of drug-likeness (QED) is 0.172. The van der Waals surface area contributed by atoms with Crippen LogP contribution in [0.25, 0.3) is 16.8 Å². The fourth-order valence-electron chi connectivity index (χ4n) is 8.65. The van der Waals surface area contributed by atoms with Crippen molar-refractivity contribution in [2.45, 2.75) is 31.7 Å². The van der Waals surface area contributed by atoms with Crippen LogP contribution in [-0.2, 0) is 19.6 Å². The normalized spacial score (nSPS) is 19.2. The first-order chi connectivity index (χ1) is 28.9. The maximum atomic E-state index is 15.5. The van der Waals surface area contributed by atoms with Crippen LogP contribution in [0.1, 0.15) is 46.4 Å². The Bertz CT molecular complexity index is 2640. The van der Waals surface area contributed by atoms with E-state index >= 15 is 4.39 Å². The summed E-state index contributed by atoms with van der Waals surface area (Å²) in [6.07, 6.45) is 4.63. The molecule has 3 saturated heterocycles. The van der Waals surface area contributed by atoms with Gasteiger partial charge in [-0.2, -0.15) is 0 Å². The fraction of sp³-hybridized carbons (Fsp3) is 0.333. The maximum Gasteiger partial charge on any atom is 0.262 e. The molecule has 18 heteroatoms. The summed E-state index contributed by atoms with van der Waals surface area (Å²) in [5.41, 5.74) is 5.11. The fourth-order valence-corrected chi connectivity index (χ4v) is 9.21. The summed E-state index contributed by atoms with van der Waals surface area (Å²) in [5.74, 6) is -2.23. The van der Waals surface area contributed by atoms with E-state index < -0.39 is 45.5 Å². The van der Waals surface area contributed by atoms with E-state index in [9.17, 15) is 27.6 Å². The minimum atomic E-state index is -3.42. The van der Waals surface area contributed by atoms with Crippen LogP contribution in [0, 0.1) is 11.7 Å². The molecule has 2 aromatic heterocycles. The lowest BCUT2D eigenvalue weighted by Gasteiger charge is -2.40. The van der Waals surface area contributed by atoms with E-state index in [4.69, 9.17) is 5.10 Å². The Morgan fingerprint density at radius 3 is 2.27 bits per heavy atom. The minimum absolute atomic E-state index is 0.0179. The molecular formula is C42H43FN10O6S. The molecule has 0 bridgehead atoms. The topological polar surface area (TPSA) is 182 Å². The molecule has 3 N–H and O–H groups in total.